The van der Waals surface area contributed by atoms with Crippen LogP contribution in [0.4, 0.5) is 4.79 Å². The Hall–Kier alpha value is -1.07. The number of alkyl halides is 1. The number of carbonyl (C=O) groups excluding carboxylic acids is 2. The first kappa shape index (κ1) is 11.0. The Kier molecular flexibility index (Phi) is 4.42. The van der Waals surface area contributed by atoms with Gasteiger partial charge in [-0.05, 0) is 11.4 Å². The summed E-state index contributed by atoms with van der Waals surface area (Å²) >= 11 is 6.74. The van der Waals surface area contributed by atoms with Gasteiger partial charge in [-0.25, -0.2) is 4.79 Å². The van der Waals surface area contributed by atoms with Crippen molar-refractivity contribution in [2.24, 2.45) is 0 Å². The first-order valence-electron chi connectivity index (χ1n) is 3.88. The van der Waals surface area contributed by atoms with Gasteiger partial charge in [0, 0.05) is 4.88 Å². The average Bonchev–Trinajstić information content (AvgIpc) is 2.67. The minimum Gasteiger partial charge on any atom is -0.333 e. The molecular formula is C8H9ClN2O2S. The minimum absolute atomic E-state index is 0.216. The SMILES string of the molecule is O=C(CCl)NC(=O)NCc1cccs1. The molecule has 2 N–H and O–H groups in total. The van der Waals surface area contributed by atoms with Crippen LogP contribution >= 0.6 is 22.9 Å². The Morgan fingerprint density at radius 2 is 2.29 bits per heavy atom. The summed E-state index contributed by atoms with van der Waals surface area (Å²) in [4.78, 5) is 22.7. The third-order valence-corrected chi connectivity index (χ3v) is 2.50. The van der Waals surface area contributed by atoms with Crippen molar-refractivity contribution in [3.8, 4) is 0 Å². The molecule has 1 aromatic heterocycles. The highest BCUT2D eigenvalue weighted by atomic mass is 35.5. The van der Waals surface area contributed by atoms with Gasteiger partial charge in [-0.15, -0.1) is 22.9 Å². The van der Waals surface area contributed by atoms with E-state index in [0.717, 1.165) is 4.88 Å². The van der Waals surface area contributed by atoms with E-state index in [-0.39, 0.29) is 5.88 Å². The summed E-state index contributed by atoms with van der Waals surface area (Å²) in [6.45, 7) is 0.416. The molecule has 0 aliphatic rings. The zero-order valence-corrected chi connectivity index (χ0v) is 8.82. The second-order valence-electron chi connectivity index (χ2n) is 2.44. The average molecular weight is 233 g/mol. The molecule has 0 aromatic carbocycles. The predicted octanol–water partition coefficient (Wildman–Crippen LogP) is 1.31. The van der Waals surface area contributed by atoms with Gasteiger partial charge in [0.05, 0.1) is 6.54 Å². The molecule has 0 bridgehead atoms. The predicted molar refractivity (Wildman–Crippen MR) is 55.4 cm³/mol. The van der Waals surface area contributed by atoms with E-state index in [2.05, 4.69) is 10.6 Å². The number of hydrogen-bond donors (Lipinski definition) is 2. The highest BCUT2D eigenvalue weighted by Gasteiger charge is 2.05. The van der Waals surface area contributed by atoms with Crippen LogP contribution in [0.1, 0.15) is 4.88 Å². The third-order valence-electron chi connectivity index (χ3n) is 1.38. The van der Waals surface area contributed by atoms with Crippen LogP contribution < -0.4 is 10.6 Å². The van der Waals surface area contributed by atoms with Gasteiger partial charge in [0.2, 0.25) is 5.91 Å². The van der Waals surface area contributed by atoms with Crippen LogP contribution in [0.15, 0.2) is 17.5 Å². The molecule has 0 aliphatic carbocycles. The van der Waals surface area contributed by atoms with Crippen LogP contribution in [0.3, 0.4) is 0 Å². The molecule has 0 radical (unpaired) electrons. The van der Waals surface area contributed by atoms with Crippen LogP contribution in [-0.4, -0.2) is 17.8 Å². The van der Waals surface area contributed by atoms with Crippen molar-refractivity contribution in [1.82, 2.24) is 10.6 Å². The Bertz CT molecular complexity index is 313. The maximum Gasteiger partial charge on any atom is 0.321 e. The number of thiophene rings is 1. The Balaban J connectivity index is 2.25. The van der Waals surface area contributed by atoms with E-state index in [1.165, 1.54) is 11.3 Å². The molecule has 3 amide bonds. The largest absolute Gasteiger partial charge is 0.333 e. The number of rotatable bonds is 3. The summed E-state index contributed by atoms with van der Waals surface area (Å²) in [7, 11) is 0. The zero-order chi connectivity index (χ0) is 10.4. The summed E-state index contributed by atoms with van der Waals surface area (Å²) in [5, 5.41) is 6.52. The van der Waals surface area contributed by atoms with Gasteiger partial charge in [-0.2, -0.15) is 0 Å². The smallest absolute Gasteiger partial charge is 0.321 e. The van der Waals surface area contributed by atoms with Crippen molar-refractivity contribution >= 4 is 34.9 Å². The van der Waals surface area contributed by atoms with Crippen molar-refractivity contribution in [3.05, 3.63) is 22.4 Å². The number of urea groups is 1. The molecule has 0 fully saturated rings. The maximum atomic E-state index is 11.0. The van der Waals surface area contributed by atoms with Gasteiger partial charge in [-0.3, -0.25) is 10.1 Å². The molecule has 0 atom stereocenters. The normalized spacial score (nSPS) is 9.50. The molecule has 0 spiro atoms. The lowest BCUT2D eigenvalue weighted by atomic mass is 10.5. The van der Waals surface area contributed by atoms with Gasteiger partial charge in [0.25, 0.3) is 0 Å². The summed E-state index contributed by atoms with van der Waals surface area (Å²) in [6, 6.07) is 3.27. The van der Waals surface area contributed by atoms with E-state index in [1.807, 2.05) is 17.5 Å². The fraction of sp³-hybridized carbons (Fsp3) is 0.250. The van der Waals surface area contributed by atoms with E-state index in [4.69, 9.17) is 11.6 Å². The molecule has 0 unspecified atom stereocenters. The number of nitrogens with one attached hydrogen (secondary N) is 2. The molecule has 4 nitrogen and oxygen atoms in total. The molecule has 14 heavy (non-hydrogen) atoms. The summed E-state index contributed by atoms with van der Waals surface area (Å²) < 4.78 is 0. The summed E-state index contributed by atoms with van der Waals surface area (Å²) in [6.07, 6.45) is 0. The van der Waals surface area contributed by atoms with Gasteiger partial charge in [-0.1, -0.05) is 6.07 Å². The van der Waals surface area contributed by atoms with Gasteiger partial charge in [0.15, 0.2) is 0 Å². The Morgan fingerprint density at radius 1 is 1.50 bits per heavy atom. The van der Waals surface area contributed by atoms with Crippen LogP contribution in [0.5, 0.6) is 0 Å². The fourth-order valence-electron chi connectivity index (χ4n) is 0.785. The molecule has 0 saturated heterocycles. The number of halogens is 1. The van der Waals surface area contributed by atoms with Gasteiger partial charge < -0.3 is 5.32 Å². The third kappa shape index (κ3) is 3.76. The maximum absolute atomic E-state index is 11.0. The lowest BCUT2D eigenvalue weighted by Crippen LogP contribution is -2.39. The number of amides is 3. The molecular weight excluding hydrogens is 224 g/mol. The van der Waals surface area contributed by atoms with Crippen LogP contribution in [-0.2, 0) is 11.3 Å². The van der Waals surface area contributed by atoms with Crippen molar-refractivity contribution in [1.29, 1.82) is 0 Å². The molecule has 0 saturated carbocycles. The first-order valence-corrected chi connectivity index (χ1v) is 5.30. The van der Waals surface area contributed by atoms with Crippen molar-refractivity contribution in [3.63, 3.8) is 0 Å². The number of hydrogen-bond acceptors (Lipinski definition) is 3. The second kappa shape index (κ2) is 5.62. The Labute approximate surface area is 90.3 Å². The summed E-state index contributed by atoms with van der Waals surface area (Å²) in [5.74, 6) is -0.720. The molecule has 76 valence electrons. The first-order chi connectivity index (χ1) is 6.72. The zero-order valence-electron chi connectivity index (χ0n) is 7.25. The van der Waals surface area contributed by atoms with E-state index < -0.39 is 11.9 Å². The number of imide groups is 1. The molecule has 1 rings (SSSR count). The van der Waals surface area contributed by atoms with Crippen LogP contribution in [0.25, 0.3) is 0 Å². The molecule has 1 heterocycles. The molecule has 1 aromatic rings. The van der Waals surface area contributed by atoms with Gasteiger partial charge in [0.1, 0.15) is 5.88 Å². The minimum atomic E-state index is -0.524. The van der Waals surface area contributed by atoms with Crippen molar-refractivity contribution < 1.29 is 9.59 Å². The Morgan fingerprint density at radius 3 is 2.86 bits per heavy atom. The quantitative estimate of drug-likeness (QED) is 0.773. The second-order valence-corrected chi connectivity index (χ2v) is 3.74. The van der Waals surface area contributed by atoms with Crippen molar-refractivity contribution in [2.75, 3.05) is 5.88 Å². The lowest BCUT2D eigenvalue weighted by Gasteiger charge is -2.03. The van der Waals surface area contributed by atoms with Gasteiger partial charge >= 0.3 is 6.03 Å². The summed E-state index contributed by atoms with van der Waals surface area (Å²) in [5.41, 5.74) is 0. The van der Waals surface area contributed by atoms with Crippen LogP contribution in [0.2, 0.25) is 0 Å². The van der Waals surface area contributed by atoms with Crippen LogP contribution in [0, 0.1) is 0 Å². The topological polar surface area (TPSA) is 58.2 Å². The molecule has 6 heteroatoms. The standard InChI is InChI=1S/C8H9ClN2O2S/c9-4-7(12)11-8(13)10-5-6-2-1-3-14-6/h1-3H,4-5H2,(H2,10,11,12,13). The monoisotopic (exact) mass is 232 g/mol. The van der Waals surface area contributed by atoms with E-state index in [0.29, 0.717) is 6.54 Å². The number of carbonyl (C=O) groups is 2. The fourth-order valence-corrected chi connectivity index (χ4v) is 1.50. The van der Waals surface area contributed by atoms with Crippen molar-refractivity contribution in [2.45, 2.75) is 6.54 Å². The lowest BCUT2D eigenvalue weighted by molar-refractivity contribution is -0.117. The van der Waals surface area contributed by atoms with E-state index >= 15 is 0 Å². The highest BCUT2D eigenvalue weighted by molar-refractivity contribution is 7.09. The van der Waals surface area contributed by atoms with E-state index in [1.54, 1.807) is 0 Å². The van der Waals surface area contributed by atoms with E-state index in [9.17, 15) is 9.59 Å². The highest BCUT2D eigenvalue weighted by Crippen LogP contribution is 2.06. The molecule has 0 aliphatic heterocycles.